The van der Waals surface area contributed by atoms with Gasteiger partial charge in [0.05, 0.1) is 0 Å². The van der Waals surface area contributed by atoms with Gasteiger partial charge in [-0.1, -0.05) is 37.1 Å². The molecule has 0 amide bonds. The summed E-state index contributed by atoms with van der Waals surface area (Å²) in [6.07, 6.45) is 16.8. The molecule has 70 valence electrons. The van der Waals surface area contributed by atoms with Gasteiger partial charge in [0.1, 0.15) is 0 Å². The van der Waals surface area contributed by atoms with Gasteiger partial charge in [0, 0.05) is 0 Å². The number of hydrogen-bond donors (Lipinski definition) is 0. The van der Waals surface area contributed by atoms with Crippen LogP contribution in [0.15, 0.2) is 24.3 Å². The fourth-order valence-corrected chi connectivity index (χ4v) is 1.21. The molecule has 0 aromatic heterocycles. The van der Waals surface area contributed by atoms with Crippen molar-refractivity contribution in [1.29, 1.82) is 0 Å². The summed E-state index contributed by atoms with van der Waals surface area (Å²) in [5.41, 5.74) is 0. The van der Waals surface area contributed by atoms with E-state index in [0.717, 1.165) is 0 Å². The Labute approximate surface area is 77.4 Å². The van der Waals surface area contributed by atoms with E-state index in [1.807, 2.05) is 0 Å². The molecule has 0 heterocycles. The van der Waals surface area contributed by atoms with Gasteiger partial charge < -0.3 is 0 Å². The van der Waals surface area contributed by atoms with E-state index in [-0.39, 0.29) is 0 Å². The molecule has 0 aromatic rings. The summed E-state index contributed by atoms with van der Waals surface area (Å²) in [5.74, 6) is 0. The molecule has 0 N–H and O–H groups in total. The second-order valence-electron chi connectivity index (χ2n) is 3.13. The van der Waals surface area contributed by atoms with E-state index in [1.165, 1.54) is 38.5 Å². The third-order valence-electron chi connectivity index (χ3n) is 1.96. The highest BCUT2D eigenvalue weighted by Crippen LogP contribution is 2.06. The first-order chi connectivity index (χ1) is 5.91. The number of unbranched alkanes of at least 4 members (excludes halogenated alkanes) is 5. The van der Waals surface area contributed by atoms with Crippen LogP contribution in [0.2, 0.25) is 0 Å². The average molecular weight is 166 g/mol. The Morgan fingerprint density at radius 2 is 1.08 bits per heavy atom. The Balaban J connectivity index is 2.91. The lowest BCUT2D eigenvalue weighted by atomic mass is 10.1. The molecule has 0 atom stereocenters. The zero-order valence-electron chi connectivity index (χ0n) is 8.55. The van der Waals surface area contributed by atoms with Crippen molar-refractivity contribution in [3.05, 3.63) is 24.3 Å². The molecule has 0 saturated heterocycles. The largest absolute Gasteiger partial charge is 0.0917 e. The third kappa shape index (κ3) is 9.48. The van der Waals surface area contributed by atoms with Crippen molar-refractivity contribution in [3.63, 3.8) is 0 Å². The lowest BCUT2D eigenvalue weighted by Crippen LogP contribution is -1.76. The average Bonchev–Trinajstić information content (AvgIpc) is 2.10. The summed E-state index contributed by atoms with van der Waals surface area (Å²) in [7, 11) is 0. The van der Waals surface area contributed by atoms with Crippen molar-refractivity contribution >= 4 is 0 Å². The zero-order valence-corrected chi connectivity index (χ0v) is 8.55. The molecule has 0 fully saturated rings. The van der Waals surface area contributed by atoms with Gasteiger partial charge in [-0.3, -0.25) is 0 Å². The van der Waals surface area contributed by atoms with Crippen molar-refractivity contribution in [3.8, 4) is 0 Å². The van der Waals surface area contributed by atoms with Gasteiger partial charge in [0.2, 0.25) is 0 Å². The van der Waals surface area contributed by atoms with Crippen molar-refractivity contribution in [1.82, 2.24) is 0 Å². The van der Waals surface area contributed by atoms with E-state index in [9.17, 15) is 0 Å². The van der Waals surface area contributed by atoms with Crippen LogP contribution in [-0.4, -0.2) is 0 Å². The predicted octanol–water partition coefficient (Wildman–Crippen LogP) is 4.48. The van der Waals surface area contributed by atoms with Crippen LogP contribution in [0.25, 0.3) is 0 Å². The molecule has 12 heavy (non-hydrogen) atoms. The molecule has 0 aromatic carbocycles. The molecular weight excluding hydrogens is 144 g/mol. The van der Waals surface area contributed by atoms with Crippen molar-refractivity contribution < 1.29 is 0 Å². The number of hydrogen-bond acceptors (Lipinski definition) is 0. The summed E-state index contributed by atoms with van der Waals surface area (Å²) < 4.78 is 0. The topological polar surface area (TPSA) is 0 Å². The van der Waals surface area contributed by atoms with Gasteiger partial charge in [0.15, 0.2) is 0 Å². The fourth-order valence-electron chi connectivity index (χ4n) is 1.21. The van der Waals surface area contributed by atoms with E-state index in [1.54, 1.807) is 0 Å². The maximum absolute atomic E-state index is 2.26. The van der Waals surface area contributed by atoms with E-state index >= 15 is 0 Å². The highest BCUT2D eigenvalue weighted by Gasteiger charge is 1.86. The van der Waals surface area contributed by atoms with Crippen LogP contribution < -0.4 is 0 Å². The molecule has 0 rings (SSSR count). The number of rotatable bonds is 7. The SMILES string of the molecule is CC=CCCCCCCC=CC. The van der Waals surface area contributed by atoms with Crippen LogP contribution in [0.5, 0.6) is 0 Å². The first-order valence-electron chi connectivity index (χ1n) is 5.14. The van der Waals surface area contributed by atoms with Crippen LogP contribution in [0, 0.1) is 0 Å². The van der Waals surface area contributed by atoms with Crippen molar-refractivity contribution in [2.45, 2.75) is 52.4 Å². The lowest BCUT2D eigenvalue weighted by molar-refractivity contribution is 0.652. The minimum atomic E-state index is 1.26. The Morgan fingerprint density at radius 3 is 1.42 bits per heavy atom. The maximum atomic E-state index is 2.26. The van der Waals surface area contributed by atoms with Crippen LogP contribution in [0.3, 0.4) is 0 Å². The molecule has 0 aliphatic carbocycles. The molecular formula is C12H22. The molecule has 0 heteroatoms. The minimum Gasteiger partial charge on any atom is -0.0917 e. The summed E-state index contributed by atoms with van der Waals surface area (Å²) in [4.78, 5) is 0. The second-order valence-corrected chi connectivity index (χ2v) is 3.13. The smallest absolute Gasteiger partial charge is 0.0351 e. The van der Waals surface area contributed by atoms with Gasteiger partial charge >= 0.3 is 0 Å². The quantitative estimate of drug-likeness (QED) is 0.386. The van der Waals surface area contributed by atoms with Gasteiger partial charge in [-0.15, -0.1) is 0 Å². The fraction of sp³-hybridized carbons (Fsp3) is 0.667. The summed E-state index contributed by atoms with van der Waals surface area (Å²) >= 11 is 0. The van der Waals surface area contributed by atoms with Crippen LogP contribution >= 0.6 is 0 Å². The Hall–Kier alpha value is -0.520. The molecule has 0 bridgehead atoms. The third-order valence-corrected chi connectivity index (χ3v) is 1.96. The Bertz CT molecular complexity index is 104. The summed E-state index contributed by atoms with van der Waals surface area (Å²) in [5, 5.41) is 0. The molecule has 0 saturated carbocycles. The first-order valence-corrected chi connectivity index (χ1v) is 5.14. The van der Waals surface area contributed by atoms with Gasteiger partial charge in [0.25, 0.3) is 0 Å². The van der Waals surface area contributed by atoms with Crippen molar-refractivity contribution in [2.75, 3.05) is 0 Å². The first kappa shape index (κ1) is 11.5. The van der Waals surface area contributed by atoms with Crippen molar-refractivity contribution in [2.24, 2.45) is 0 Å². The van der Waals surface area contributed by atoms with Crippen LogP contribution in [0.4, 0.5) is 0 Å². The van der Waals surface area contributed by atoms with Crippen LogP contribution in [0.1, 0.15) is 52.4 Å². The van der Waals surface area contributed by atoms with E-state index in [4.69, 9.17) is 0 Å². The molecule has 0 spiro atoms. The van der Waals surface area contributed by atoms with Gasteiger partial charge in [-0.05, 0) is 39.5 Å². The lowest BCUT2D eigenvalue weighted by Gasteiger charge is -1.96. The van der Waals surface area contributed by atoms with E-state index in [2.05, 4.69) is 38.2 Å². The Kier molecular flexibility index (Phi) is 10.0. The highest BCUT2D eigenvalue weighted by molar-refractivity contribution is 4.77. The second kappa shape index (κ2) is 10.5. The van der Waals surface area contributed by atoms with E-state index in [0.29, 0.717) is 0 Å². The monoisotopic (exact) mass is 166 g/mol. The maximum Gasteiger partial charge on any atom is -0.0351 e. The van der Waals surface area contributed by atoms with E-state index < -0.39 is 0 Å². The normalized spacial score (nSPS) is 11.8. The minimum absolute atomic E-state index is 1.26. The zero-order chi connectivity index (χ0) is 9.07. The number of allylic oxidation sites excluding steroid dienone is 4. The molecule has 0 aliphatic heterocycles. The molecule has 0 radical (unpaired) electrons. The summed E-state index contributed by atoms with van der Waals surface area (Å²) in [6, 6.07) is 0. The predicted molar refractivity (Wildman–Crippen MR) is 57.3 cm³/mol. The van der Waals surface area contributed by atoms with Crippen LogP contribution in [-0.2, 0) is 0 Å². The summed E-state index contributed by atoms with van der Waals surface area (Å²) in [6.45, 7) is 4.18. The van der Waals surface area contributed by atoms with Gasteiger partial charge in [-0.25, -0.2) is 0 Å². The molecule has 0 aliphatic rings. The standard InChI is InChI=1S/C12H22/c1-3-5-7-9-11-12-10-8-6-4-2/h3-6H,7-12H2,1-2H3. The highest BCUT2D eigenvalue weighted by atomic mass is 13.9. The molecule has 0 unspecified atom stereocenters. The molecule has 0 nitrogen and oxygen atoms in total. The van der Waals surface area contributed by atoms with Gasteiger partial charge in [-0.2, -0.15) is 0 Å². The Morgan fingerprint density at radius 1 is 0.667 bits per heavy atom.